The normalized spacial score (nSPS) is 11.2. The lowest BCUT2D eigenvalue weighted by atomic mass is 10.1. The van der Waals surface area contributed by atoms with Crippen molar-refractivity contribution in [2.24, 2.45) is 0 Å². The van der Waals surface area contributed by atoms with E-state index in [0.717, 1.165) is 10.9 Å². The number of ether oxygens (including phenoxy) is 1. The Kier molecular flexibility index (Phi) is 4.85. The molecule has 0 radical (unpaired) electrons. The summed E-state index contributed by atoms with van der Waals surface area (Å²) in [6, 6.07) is 17.2. The van der Waals surface area contributed by atoms with Crippen molar-refractivity contribution in [2.45, 2.75) is 11.8 Å². The number of anilines is 1. The van der Waals surface area contributed by atoms with E-state index in [-0.39, 0.29) is 16.3 Å². The van der Waals surface area contributed by atoms with Gasteiger partial charge in [0.25, 0.3) is 10.0 Å². The number of fused-ring (bicyclic) bond motifs is 1. The Bertz CT molecular complexity index is 1390. The molecule has 0 amide bonds. The van der Waals surface area contributed by atoms with E-state index < -0.39 is 10.0 Å². The molecule has 2 aromatic heterocycles. The number of sulfonamides is 1. The molecule has 0 aliphatic rings. The van der Waals surface area contributed by atoms with Crippen molar-refractivity contribution in [2.75, 3.05) is 11.8 Å². The molecule has 0 saturated heterocycles. The number of benzene rings is 2. The maximum Gasteiger partial charge on any atom is 0.263 e. The first kappa shape index (κ1) is 19.4. The molecule has 0 atom stereocenters. The van der Waals surface area contributed by atoms with Crippen molar-refractivity contribution in [3.8, 4) is 17.6 Å². The highest BCUT2D eigenvalue weighted by molar-refractivity contribution is 7.92. The number of pyridine rings is 1. The average molecular weight is 419 g/mol. The lowest BCUT2D eigenvalue weighted by Crippen LogP contribution is -2.17. The van der Waals surface area contributed by atoms with Crippen LogP contribution in [0.5, 0.6) is 5.75 Å². The van der Waals surface area contributed by atoms with E-state index in [0.29, 0.717) is 17.1 Å². The number of nitriles is 1. The Balaban J connectivity index is 1.88. The Morgan fingerprint density at radius 2 is 1.90 bits per heavy atom. The molecule has 1 N–H and O–H groups in total. The molecule has 0 unspecified atom stereocenters. The van der Waals surface area contributed by atoms with Gasteiger partial charge in [-0.3, -0.25) is 4.72 Å². The van der Waals surface area contributed by atoms with Crippen LogP contribution < -0.4 is 9.46 Å². The first-order valence-electron chi connectivity index (χ1n) is 8.95. The van der Waals surface area contributed by atoms with Crippen LogP contribution >= 0.6 is 0 Å². The van der Waals surface area contributed by atoms with Gasteiger partial charge in [0.15, 0.2) is 11.6 Å². The maximum atomic E-state index is 12.8. The molecule has 0 spiro atoms. The fraction of sp³-hybridized carbons (Fsp3) is 0.0952. The third-order valence-electron chi connectivity index (χ3n) is 4.61. The third-order valence-corrected chi connectivity index (χ3v) is 5.96. The second-order valence-corrected chi connectivity index (χ2v) is 8.19. The second kappa shape index (κ2) is 7.50. The molecule has 8 nitrogen and oxygen atoms in total. The van der Waals surface area contributed by atoms with E-state index in [9.17, 15) is 13.7 Å². The molecular weight excluding hydrogens is 402 g/mol. The molecule has 9 heteroatoms. The quantitative estimate of drug-likeness (QED) is 0.531. The van der Waals surface area contributed by atoms with Gasteiger partial charge in [-0.15, -0.1) is 0 Å². The minimum atomic E-state index is -3.93. The lowest BCUT2D eigenvalue weighted by Gasteiger charge is -2.13. The summed E-state index contributed by atoms with van der Waals surface area (Å²) in [6.07, 6.45) is 1.30. The van der Waals surface area contributed by atoms with Crippen LogP contribution in [0.25, 0.3) is 16.7 Å². The average Bonchev–Trinajstić information content (AvgIpc) is 3.15. The Labute approximate surface area is 173 Å². The van der Waals surface area contributed by atoms with Crippen molar-refractivity contribution in [1.29, 1.82) is 5.26 Å². The maximum absolute atomic E-state index is 12.8. The van der Waals surface area contributed by atoms with Crippen LogP contribution in [-0.2, 0) is 10.0 Å². The minimum absolute atomic E-state index is 0.0162. The molecule has 2 aromatic carbocycles. The van der Waals surface area contributed by atoms with Crippen molar-refractivity contribution in [1.82, 2.24) is 14.8 Å². The molecule has 150 valence electrons. The van der Waals surface area contributed by atoms with Crippen LogP contribution in [0.1, 0.15) is 11.1 Å². The predicted octanol–water partition coefficient (Wildman–Crippen LogP) is 3.41. The van der Waals surface area contributed by atoms with Crippen LogP contribution in [0.4, 0.5) is 5.82 Å². The largest absolute Gasteiger partial charge is 0.494 e. The number of hydrogen-bond acceptors (Lipinski definition) is 6. The van der Waals surface area contributed by atoms with Gasteiger partial charge in [-0.25, -0.2) is 13.4 Å². The molecule has 4 aromatic rings. The van der Waals surface area contributed by atoms with Gasteiger partial charge >= 0.3 is 0 Å². The molecule has 0 saturated carbocycles. The van der Waals surface area contributed by atoms with Gasteiger partial charge in [-0.05, 0) is 36.8 Å². The zero-order chi connectivity index (χ0) is 21.3. The summed E-state index contributed by atoms with van der Waals surface area (Å²) in [5.74, 6) is 0.954. The summed E-state index contributed by atoms with van der Waals surface area (Å²) in [5.41, 5.74) is 1.59. The lowest BCUT2D eigenvalue weighted by molar-refractivity contribution is 0.419. The predicted molar refractivity (Wildman–Crippen MR) is 112 cm³/mol. The SMILES string of the molecule is COc1cccc2c(C)cc(-n3ncc(C#N)c3NS(=O)(=O)c3ccccc3)nc12. The standard InChI is InChI=1S/C21H17N5O3S/c1-14-11-19(24-20-17(14)9-6-10-18(20)29-2)26-21(15(12-22)13-23-26)25-30(27,28)16-7-4-3-5-8-16/h3-11,13,25H,1-2H3. The van der Waals surface area contributed by atoms with E-state index in [1.807, 2.05) is 25.1 Å². The van der Waals surface area contributed by atoms with Gasteiger partial charge in [0.05, 0.1) is 18.2 Å². The second-order valence-electron chi connectivity index (χ2n) is 6.50. The fourth-order valence-electron chi connectivity index (χ4n) is 3.14. The number of nitrogens with one attached hydrogen (secondary N) is 1. The Morgan fingerprint density at radius 1 is 1.13 bits per heavy atom. The highest BCUT2D eigenvalue weighted by Gasteiger charge is 2.22. The molecule has 30 heavy (non-hydrogen) atoms. The number of methoxy groups -OCH3 is 1. The number of hydrogen-bond donors (Lipinski definition) is 1. The van der Waals surface area contributed by atoms with Gasteiger partial charge in [-0.2, -0.15) is 15.0 Å². The van der Waals surface area contributed by atoms with Gasteiger partial charge in [0.2, 0.25) is 0 Å². The zero-order valence-electron chi connectivity index (χ0n) is 16.2. The minimum Gasteiger partial charge on any atom is -0.494 e. The van der Waals surface area contributed by atoms with Gasteiger partial charge < -0.3 is 4.74 Å². The third kappa shape index (κ3) is 3.33. The summed E-state index contributed by atoms with van der Waals surface area (Å²) in [5, 5.41) is 14.6. The van der Waals surface area contributed by atoms with E-state index in [2.05, 4.69) is 14.8 Å². The molecule has 0 fully saturated rings. The fourth-order valence-corrected chi connectivity index (χ4v) is 4.22. The van der Waals surface area contributed by atoms with E-state index in [4.69, 9.17) is 4.74 Å². The van der Waals surface area contributed by atoms with Crippen LogP contribution in [0, 0.1) is 18.3 Å². The first-order valence-corrected chi connectivity index (χ1v) is 10.4. The van der Waals surface area contributed by atoms with Crippen molar-refractivity contribution in [3.63, 3.8) is 0 Å². The van der Waals surface area contributed by atoms with Crippen LogP contribution in [0.3, 0.4) is 0 Å². The highest BCUT2D eigenvalue weighted by Crippen LogP contribution is 2.29. The summed E-state index contributed by atoms with van der Waals surface area (Å²) in [6.45, 7) is 1.91. The number of nitrogens with zero attached hydrogens (tertiary/aromatic N) is 4. The van der Waals surface area contributed by atoms with Gasteiger partial charge in [0, 0.05) is 5.39 Å². The zero-order valence-corrected chi connectivity index (χ0v) is 17.0. The smallest absolute Gasteiger partial charge is 0.263 e. The summed E-state index contributed by atoms with van der Waals surface area (Å²) < 4.78 is 34.8. The molecule has 4 rings (SSSR count). The van der Waals surface area contributed by atoms with Crippen molar-refractivity contribution < 1.29 is 13.2 Å². The monoisotopic (exact) mass is 419 g/mol. The molecule has 0 aliphatic heterocycles. The van der Waals surface area contributed by atoms with Crippen molar-refractivity contribution >= 4 is 26.7 Å². The molecular formula is C21H17N5O3S. The Morgan fingerprint density at radius 3 is 2.60 bits per heavy atom. The van der Waals surface area contributed by atoms with Crippen LogP contribution in [-0.4, -0.2) is 30.3 Å². The first-order chi connectivity index (χ1) is 14.4. The van der Waals surface area contributed by atoms with Crippen molar-refractivity contribution in [3.05, 3.63) is 71.9 Å². The highest BCUT2D eigenvalue weighted by atomic mass is 32.2. The number of para-hydroxylation sites is 1. The molecule has 0 bridgehead atoms. The van der Waals surface area contributed by atoms with E-state index in [1.165, 1.54) is 23.0 Å². The van der Waals surface area contributed by atoms with Gasteiger partial charge in [0.1, 0.15) is 22.9 Å². The van der Waals surface area contributed by atoms with E-state index in [1.54, 1.807) is 37.4 Å². The molecule has 2 heterocycles. The summed E-state index contributed by atoms with van der Waals surface area (Å²) in [4.78, 5) is 4.69. The number of rotatable bonds is 5. The van der Waals surface area contributed by atoms with Crippen LogP contribution in [0.15, 0.2) is 65.7 Å². The number of aromatic nitrogens is 3. The van der Waals surface area contributed by atoms with E-state index >= 15 is 0 Å². The number of aryl methyl sites for hydroxylation is 1. The summed E-state index contributed by atoms with van der Waals surface area (Å²) in [7, 11) is -2.37. The summed E-state index contributed by atoms with van der Waals surface area (Å²) >= 11 is 0. The molecule has 0 aliphatic carbocycles. The topological polar surface area (TPSA) is 110 Å². The Hall–Kier alpha value is -3.90. The van der Waals surface area contributed by atoms with Crippen LogP contribution in [0.2, 0.25) is 0 Å². The van der Waals surface area contributed by atoms with Gasteiger partial charge in [-0.1, -0.05) is 30.3 Å².